The SMILES string of the molecule is CC(C)(C)ONC1CC1. The zero-order valence-electron chi connectivity index (χ0n) is 6.40. The molecular formula is C7H15NO. The molecule has 0 bridgehead atoms. The van der Waals surface area contributed by atoms with E-state index in [1.54, 1.807) is 0 Å². The lowest BCUT2D eigenvalue weighted by Gasteiger charge is -2.18. The first-order valence-corrected chi connectivity index (χ1v) is 3.51. The quantitative estimate of drug-likeness (QED) is 0.570. The van der Waals surface area contributed by atoms with Gasteiger partial charge in [-0.1, -0.05) is 0 Å². The van der Waals surface area contributed by atoms with E-state index in [2.05, 4.69) is 5.48 Å². The molecule has 2 nitrogen and oxygen atoms in total. The molecule has 0 amide bonds. The largest absolute Gasteiger partial charge is 0.296 e. The highest BCUT2D eigenvalue weighted by Crippen LogP contribution is 2.19. The summed E-state index contributed by atoms with van der Waals surface area (Å²) in [7, 11) is 0. The molecule has 2 heteroatoms. The molecule has 1 rings (SSSR count). The molecule has 1 N–H and O–H groups in total. The molecule has 9 heavy (non-hydrogen) atoms. The van der Waals surface area contributed by atoms with E-state index in [0.717, 1.165) is 0 Å². The van der Waals surface area contributed by atoms with Gasteiger partial charge in [0, 0.05) is 6.04 Å². The summed E-state index contributed by atoms with van der Waals surface area (Å²) in [4.78, 5) is 5.30. The maximum absolute atomic E-state index is 5.30. The van der Waals surface area contributed by atoms with Gasteiger partial charge in [-0.15, -0.1) is 0 Å². The molecule has 0 saturated heterocycles. The van der Waals surface area contributed by atoms with Crippen LogP contribution >= 0.6 is 0 Å². The van der Waals surface area contributed by atoms with Gasteiger partial charge in [0.2, 0.25) is 0 Å². The fraction of sp³-hybridized carbons (Fsp3) is 1.00. The topological polar surface area (TPSA) is 21.3 Å². The van der Waals surface area contributed by atoms with Gasteiger partial charge in [-0.05, 0) is 33.6 Å². The lowest BCUT2D eigenvalue weighted by atomic mass is 10.2. The van der Waals surface area contributed by atoms with Crippen LogP contribution in [0.3, 0.4) is 0 Å². The first-order valence-electron chi connectivity index (χ1n) is 3.51. The third kappa shape index (κ3) is 3.49. The summed E-state index contributed by atoms with van der Waals surface area (Å²) in [6.45, 7) is 6.13. The van der Waals surface area contributed by atoms with Crippen molar-refractivity contribution in [3.05, 3.63) is 0 Å². The summed E-state index contributed by atoms with van der Waals surface area (Å²) in [5, 5.41) is 0. The van der Waals surface area contributed by atoms with Crippen LogP contribution in [-0.2, 0) is 4.84 Å². The van der Waals surface area contributed by atoms with E-state index in [4.69, 9.17) is 4.84 Å². The normalized spacial score (nSPS) is 20.3. The van der Waals surface area contributed by atoms with Gasteiger partial charge in [0.25, 0.3) is 0 Å². The molecule has 0 heterocycles. The summed E-state index contributed by atoms with van der Waals surface area (Å²) in [6, 6.07) is 0.643. The number of hydrogen-bond donors (Lipinski definition) is 1. The van der Waals surface area contributed by atoms with Crippen molar-refractivity contribution >= 4 is 0 Å². The Hall–Kier alpha value is -0.0800. The molecule has 0 aliphatic heterocycles. The average molecular weight is 129 g/mol. The van der Waals surface area contributed by atoms with Gasteiger partial charge in [0.1, 0.15) is 0 Å². The Morgan fingerprint density at radius 3 is 2.22 bits per heavy atom. The van der Waals surface area contributed by atoms with Crippen molar-refractivity contribution in [1.82, 2.24) is 5.48 Å². The van der Waals surface area contributed by atoms with Crippen LogP contribution in [0.5, 0.6) is 0 Å². The van der Waals surface area contributed by atoms with Crippen molar-refractivity contribution in [3.63, 3.8) is 0 Å². The van der Waals surface area contributed by atoms with Crippen molar-refractivity contribution < 1.29 is 4.84 Å². The predicted molar refractivity (Wildman–Crippen MR) is 37.0 cm³/mol. The van der Waals surface area contributed by atoms with E-state index < -0.39 is 0 Å². The summed E-state index contributed by atoms with van der Waals surface area (Å²) in [5.74, 6) is 0. The highest BCUT2D eigenvalue weighted by molar-refractivity contribution is 4.77. The fourth-order valence-electron chi connectivity index (χ4n) is 0.461. The number of nitrogens with one attached hydrogen (secondary N) is 1. The lowest BCUT2D eigenvalue weighted by molar-refractivity contribution is -0.0758. The molecule has 1 fully saturated rings. The smallest absolute Gasteiger partial charge is 0.0813 e. The minimum atomic E-state index is -0.0391. The molecule has 0 aromatic heterocycles. The highest BCUT2D eigenvalue weighted by Gasteiger charge is 2.23. The van der Waals surface area contributed by atoms with Gasteiger partial charge in [-0.2, -0.15) is 5.48 Å². The van der Waals surface area contributed by atoms with Crippen LogP contribution in [0.1, 0.15) is 33.6 Å². The number of hydrogen-bond acceptors (Lipinski definition) is 2. The Bertz CT molecular complexity index is 91.6. The second-order valence-corrected chi connectivity index (χ2v) is 3.61. The van der Waals surface area contributed by atoms with Crippen LogP contribution < -0.4 is 5.48 Å². The van der Waals surface area contributed by atoms with Crippen molar-refractivity contribution in [2.75, 3.05) is 0 Å². The third-order valence-corrected chi connectivity index (χ3v) is 1.11. The molecule has 1 aliphatic rings. The fourth-order valence-corrected chi connectivity index (χ4v) is 0.461. The standard InChI is InChI=1S/C7H15NO/c1-7(2,3)9-8-6-4-5-6/h6,8H,4-5H2,1-3H3. The Labute approximate surface area is 56.5 Å². The van der Waals surface area contributed by atoms with Crippen LogP contribution in [-0.4, -0.2) is 11.6 Å². The minimum absolute atomic E-state index is 0.0391. The molecule has 1 aliphatic carbocycles. The zero-order valence-corrected chi connectivity index (χ0v) is 6.40. The second-order valence-electron chi connectivity index (χ2n) is 3.61. The molecule has 0 aromatic carbocycles. The predicted octanol–water partition coefficient (Wildman–Crippen LogP) is 1.47. The van der Waals surface area contributed by atoms with Crippen LogP contribution in [0.15, 0.2) is 0 Å². The average Bonchev–Trinajstić information content (AvgIpc) is 2.38. The summed E-state index contributed by atoms with van der Waals surface area (Å²) in [6.07, 6.45) is 2.55. The van der Waals surface area contributed by atoms with Gasteiger partial charge >= 0.3 is 0 Å². The van der Waals surface area contributed by atoms with E-state index in [-0.39, 0.29) is 5.60 Å². The summed E-state index contributed by atoms with van der Waals surface area (Å²) >= 11 is 0. The van der Waals surface area contributed by atoms with Gasteiger partial charge in [-0.25, -0.2) is 0 Å². The van der Waals surface area contributed by atoms with E-state index in [1.807, 2.05) is 20.8 Å². The molecule has 1 saturated carbocycles. The number of rotatable bonds is 2. The van der Waals surface area contributed by atoms with E-state index in [9.17, 15) is 0 Å². The van der Waals surface area contributed by atoms with Gasteiger partial charge in [0.05, 0.1) is 5.60 Å². The minimum Gasteiger partial charge on any atom is -0.296 e. The van der Waals surface area contributed by atoms with E-state index >= 15 is 0 Å². The zero-order chi connectivity index (χ0) is 6.91. The van der Waals surface area contributed by atoms with Crippen LogP contribution in [0.4, 0.5) is 0 Å². The second kappa shape index (κ2) is 2.27. The maximum Gasteiger partial charge on any atom is 0.0813 e. The summed E-state index contributed by atoms with van der Waals surface area (Å²) < 4.78 is 0. The Morgan fingerprint density at radius 2 is 1.89 bits per heavy atom. The van der Waals surface area contributed by atoms with Gasteiger partial charge in [-0.3, -0.25) is 4.84 Å². The maximum atomic E-state index is 5.30. The molecular weight excluding hydrogens is 114 g/mol. The summed E-state index contributed by atoms with van der Waals surface area (Å²) in [5.41, 5.74) is 2.96. The van der Waals surface area contributed by atoms with Crippen LogP contribution in [0, 0.1) is 0 Å². The van der Waals surface area contributed by atoms with Crippen LogP contribution in [0.25, 0.3) is 0 Å². The van der Waals surface area contributed by atoms with Crippen LogP contribution in [0.2, 0.25) is 0 Å². The first kappa shape index (κ1) is 7.03. The third-order valence-electron chi connectivity index (χ3n) is 1.11. The van der Waals surface area contributed by atoms with E-state index in [0.29, 0.717) is 6.04 Å². The molecule has 0 atom stereocenters. The molecule has 0 spiro atoms. The number of hydroxylamine groups is 1. The van der Waals surface area contributed by atoms with Crippen molar-refractivity contribution in [2.24, 2.45) is 0 Å². The van der Waals surface area contributed by atoms with Crippen molar-refractivity contribution in [3.8, 4) is 0 Å². The lowest BCUT2D eigenvalue weighted by Crippen LogP contribution is -2.30. The monoisotopic (exact) mass is 129 g/mol. The Kier molecular flexibility index (Phi) is 1.78. The Balaban J connectivity index is 2.03. The van der Waals surface area contributed by atoms with Gasteiger partial charge < -0.3 is 0 Å². The molecule has 0 unspecified atom stereocenters. The van der Waals surface area contributed by atoms with Crippen molar-refractivity contribution in [2.45, 2.75) is 45.3 Å². The highest BCUT2D eigenvalue weighted by atomic mass is 16.7. The van der Waals surface area contributed by atoms with E-state index in [1.165, 1.54) is 12.8 Å². The molecule has 54 valence electrons. The molecule has 0 radical (unpaired) electrons. The van der Waals surface area contributed by atoms with Gasteiger partial charge in [0.15, 0.2) is 0 Å². The van der Waals surface area contributed by atoms with Crippen molar-refractivity contribution in [1.29, 1.82) is 0 Å². The Morgan fingerprint density at radius 1 is 1.33 bits per heavy atom. The first-order chi connectivity index (χ1) is 4.08. The molecule has 0 aromatic rings.